The lowest BCUT2D eigenvalue weighted by atomic mass is 9.89. The van der Waals surface area contributed by atoms with Crippen LogP contribution in [0.25, 0.3) is 0 Å². The van der Waals surface area contributed by atoms with Gasteiger partial charge in [0.05, 0.1) is 6.61 Å². The molecule has 3 aliphatic rings. The van der Waals surface area contributed by atoms with Crippen LogP contribution >= 0.6 is 0 Å². The average Bonchev–Trinajstić information content (AvgIpc) is 2.97. The van der Waals surface area contributed by atoms with E-state index in [0.717, 1.165) is 25.4 Å². The van der Waals surface area contributed by atoms with Crippen LogP contribution in [0.1, 0.15) is 44.9 Å². The molecule has 0 N–H and O–H groups in total. The van der Waals surface area contributed by atoms with E-state index in [2.05, 4.69) is 4.90 Å². The van der Waals surface area contributed by atoms with Crippen LogP contribution in [0, 0.1) is 5.92 Å². The van der Waals surface area contributed by atoms with Gasteiger partial charge in [-0.15, -0.1) is 0 Å². The summed E-state index contributed by atoms with van der Waals surface area (Å²) in [5.74, 6) is 0.833. The molecule has 2 saturated heterocycles. The van der Waals surface area contributed by atoms with Gasteiger partial charge in [-0.1, -0.05) is 19.3 Å². The molecule has 128 valence electrons. The van der Waals surface area contributed by atoms with E-state index in [1.807, 2.05) is 0 Å². The summed E-state index contributed by atoms with van der Waals surface area (Å²) in [6, 6.07) is 0. The second kappa shape index (κ2) is 7.60. The smallest absolute Gasteiger partial charge is 0.219 e. The molecule has 0 aromatic rings. The summed E-state index contributed by atoms with van der Waals surface area (Å²) in [6.07, 6.45) is 8.48. The molecule has 1 aliphatic carbocycles. The SMILES string of the molecule is O=S(=O)([C@H]1CCOC1)N1CCCN(CC2CCCCC2)CC1. The molecule has 22 heavy (non-hydrogen) atoms. The Morgan fingerprint density at radius 3 is 2.45 bits per heavy atom. The van der Waals surface area contributed by atoms with E-state index in [9.17, 15) is 8.42 Å². The van der Waals surface area contributed by atoms with E-state index in [-0.39, 0.29) is 5.25 Å². The van der Waals surface area contributed by atoms with Crippen molar-refractivity contribution in [2.24, 2.45) is 5.92 Å². The highest BCUT2D eigenvalue weighted by molar-refractivity contribution is 7.89. The summed E-state index contributed by atoms with van der Waals surface area (Å²) >= 11 is 0. The van der Waals surface area contributed by atoms with E-state index in [0.29, 0.717) is 32.7 Å². The molecular weight excluding hydrogens is 300 g/mol. The van der Waals surface area contributed by atoms with Gasteiger partial charge in [-0.05, 0) is 38.1 Å². The third kappa shape index (κ3) is 4.02. The maximum Gasteiger partial charge on any atom is 0.219 e. The summed E-state index contributed by atoms with van der Waals surface area (Å²) in [5, 5.41) is -0.308. The zero-order valence-corrected chi connectivity index (χ0v) is 14.4. The molecule has 3 fully saturated rings. The van der Waals surface area contributed by atoms with Gasteiger partial charge in [0.2, 0.25) is 10.0 Å². The first kappa shape index (κ1) is 16.7. The van der Waals surface area contributed by atoms with Crippen molar-refractivity contribution in [1.29, 1.82) is 0 Å². The summed E-state index contributed by atoms with van der Waals surface area (Å²) in [7, 11) is -3.16. The fourth-order valence-corrected chi connectivity index (χ4v) is 5.88. The van der Waals surface area contributed by atoms with Crippen LogP contribution in [-0.4, -0.2) is 68.8 Å². The minimum atomic E-state index is -3.16. The number of hydrogen-bond acceptors (Lipinski definition) is 4. The van der Waals surface area contributed by atoms with E-state index < -0.39 is 10.0 Å². The van der Waals surface area contributed by atoms with Crippen molar-refractivity contribution in [3.05, 3.63) is 0 Å². The second-order valence-corrected chi connectivity index (χ2v) is 9.30. The standard InChI is InChI=1S/C16H30N2O3S/c19-22(20,16-7-12-21-14-16)18-9-4-8-17(10-11-18)13-15-5-2-1-3-6-15/h15-16H,1-14H2/t16-/m0/s1. The Bertz CT molecular complexity index is 442. The number of hydrogen-bond donors (Lipinski definition) is 0. The molecule has 0 amide bonds. The van der Waals surface area contributed by atoms with E-state index in [1.165, 1.54) is 38.6 Å². The monoisotopic (exact) mass is 330 g/mol. The summed E-state index contributed by atoms with van der Waals surface area (Å²) in [6.45, 7) is 5.41. The zero-order valence-electron chi connectivity index (χ0n) is 13.6. The first-order valence-electron chi connectivity index (χ1n) is 8.95. The van der Waals surface area contributed by atoms with Crippen molar-refractivity contribution in [2.75, 3.05) is 45.9 Å². The Hall–Kier alpha value is -0.170. The van der Waals surface area contributed by atoms with Crippen LogP contribution in [0.3, 0.4) is 0 Å². The van der Waals surface area contributed by atoms with Crippen LogP contribution in [-0.2, 0) is 14.8 Å². The predicted molar refractivity (Wildman–Crippen MR) is 87.3 cm³/mol. The fourth-order valence-electron chi connectivity index (χ4n) is 4.08. The van der Waals surface area contributed by atoms with Crippen LogP contribution < -0.4 is 0 Å². The maximum absolute atomic E-state index is 12.7. The number of ether oxygens (including phenoxy) is 1. The van der Waals surface area contributed by atoms with Crippen molar-refractivity contribution in [3.8, 4) is 0 Å². The molecule has 0 radical (unpaired) electrons. The van der Waals surface area contributed by atoms with E-state index >= 15 is 0 Å². The molecule has 6 heteroatoms. The van der Waals surface area contributed by atoms with Gasteiger partial charge in [0.15, 0.2) is 0 Å². The highest BCUT2D eigenvalue weighted by Gasteiger charge is 2.35. The molecule has 1 atom stereocenters. The minimum absolute atomic E-state index is 0.308. The highest BCUT2D eigenvalue weighted by Crippen LogP contribution is 2.25. The fraction of sp³-hybridized carbons (Fsp3) is 1.00. The third-order valence-electron chi connectivity index (χ3n) is 5.46. The van der Waals surface area contributed by atoms with Crippen LogP contribution in [0.2, 0.25) is 0 Å². The lowest BCUT2D eigenvalue weighted by Crippen LogP contribution is -2.41. The summed E-state index contributed by atoms with van der Waals surface area (Å²) in [5.41, 5.74) is 0. The first-order valence-corrected chi connectivity index (χ1v) is 10.5. The van der Waals surface area contributed by atoms with Crippen molar-refractivity contribution < 1.29 is 13.2 Å². The molecular formula is C16H30N2O3S. The molecule has 2 heterocycles. The molecule has 3 rings (SSSR count). The second-order valence-electron chi connectivity index (χ2n) is 7.09. The average molecular weight is 330 g/mol. The van der Waals surface area contributed by atoms with Gasteiger partial charge in [0.1, 0.15) is 5.25 Å². The molecule has 1 saturated carbocycles. The zero-order chi connectivity index (χ0) is 15.4. The Kier molecular flexibility index (Phi) is 5.76. The highest BCUT2D eigenvalue weighted by atomic mass is 32.2. The van der Waals surface area contributed by atoms with Gasteiger partial charge in [-0.3, -0.25) is 0 Å². The van der Waals surface area contributed by atoms with Gasteiger partial charge in [0.25, 0.3) is 0 Å². The lowest BCUT2D eigenvalue weighted by molar-refractivity contribution is 0.197. The van der Waals surface area contributed by atoms with Crippen LogP contribution in [0.15, 0.2) is 0 Å². The largest absolute Gasteiger partial charge is 0.380 e. The van der Waals surface area contributed by atoms with Gasteiger partial charge in [-0.25, -0.2) is 12.7 Å². The van der Waals surface area contributed by atoms with Gasteiger partial charge in [0, 0.05) is 32.8 Å². The predicted octanol–water partition coefficient (Wildman–Crippen LogP) is 1.69. The maximum atomic E-state index is 12.7. The van der Waals surface area contributed by atoms with E-state index in [4.69, 9.17) is 4.74 Å². The number of rotatable bonds is 4. The van der Waals surface area contributed by atoms with Gasteiger partial charge >= 0.3 is 0 Å². The van der Waals surface area contributed by atoms with Gasteiger partial charge < -0.3 is 9.64 Å². The Balaban J connectivity index is 1.52. The van der Waals surface area contributed by atoms with Crippen molar-refractivity contribution >= 4 is 10.0 Å². The molecule has 0 aromatic carbocycles. The first-order chi connectivity index (χ1) is 10.7. The molecule has 0 spiro atoms. The van der Waals surface area contributed by atoms with E-state index in [1.54, 1.807) is 4.31 Å². The topological polar surface area (TPSA) is 49.9 Å². The molecule has 0 unspecified atom stereocenters. The molecule has 0 aromatic heterocycles. The van der Waals surface area contributed by atoms with Crippen LogP contribution in [0.4, 0.5) is 0 Å². The molecule has 5 nitrogen and oxygen atoms in total. The summed E-state index contributed by atoms with van der Waals surface area (Å²) in [4.78, 5) is 2.50. The van der Waals surface area contributed by atoms with Crippen molar-refractivity contribution in [3.63, 3.8) is 0 Å². The van der Waals surface area contributed by atoms with Gasteiger partial charge in [-0.2, -0.15) is 0 Å². The van der Waals surface area contributed by atoms with Crippen LogP contribution in [0.5, 0.6) is 0 Å². The molecule has 2 aliphatic heterocycles. The molecule has 0 bridgehead atoms. The summed E-state index contributed by atoms with van der Waals surface area (Å²) < 4.78 is 32.3. The quantitative estimate of drug-likeness (QED) is 0.787. The minimum Gasteiger partial charge on any atom is -0.380 e. The lowest BCUT2D eigenvalue weighted by Gasteiger charge is -2.29. The third-order valence-corrected chi connectivity index (χ3v) is 7.76. The Morgan fingerprint density at radius 2 is 1.73 bits per heavy atom. The Labute approximate surface area is 135 Å². The van der Waals surface area contributed by atoms with Crippen molar-refractivity contribution in [2.45, 2.75) is 50.2 Å². The number of sulfonamides is 1. The van der Waals surface area contributed by atoms with Crippen molar-refractivity contribution in [1.82, 2.24) is 9.21 Å². The Morgan fingerprint density at radius 1 is 0.909 bits per heavy atom. The normalized spacial score (nSPS) is 30.5. The number of nitrogens with zero attached hydrogens (tertiary/aromatic N) is 2.